The summed E-state index contributed by atoms with van der Waals surface area (Å²) in [5.74, 6) is 0.718. The van der Waals surface area contributed by atoms with Crippen LogP contribution in [0.5, 0.6) is 11.5 Å². The van der Waals surface area contributed by atoms with E-state index in [0.29, 0.717) is 22.7 Å². The van der Waals surface area contributed by atoms with Crippen LogP contribution >= 0.6 is 15.9 Å². The molecule has 2 rings (SSSR count). The quantitative estimate of drug-likeness (QED) is 0.682. The Morgan fingerprint density at radius 2 is 1.85 bits per heavy atom. The first-order valence-electron chi connectivity index (χ1n) is 5.93. The number of carbonyl (C=O) groups is 1. The molecule has 0 saturated heterocycles. The number of methoxy groups -OCH3 is 1. The summed E-state index contributed by atoms with van der Waals surface area (Å²) in [6, 6.07) is 10.5. The molecule has 4 nitrogen and oxygen atoms in total. The van der Waals surface area contributed by atoms with Crippen LogP contribution in [0.2, 0.25) is 0 Å². The SMILES string of the molecule is COC(=O)c1ccc(Oc2ccc(C)cc2Br)c(N)c1. The van der Waals surface area contributed by atoms with Crippen LogP contribution in [0, 0.1) is 6.92 Å². The fraction of sp³-hybridized carbons (Fsp3) is 0.133. The zero-order valence-corrected chi connectivity index (χ0v) is 12.7. The summed E-state index contributed by atoms with van der Waals surface area (Å²) in [6.07, 6.45) is 0. The first-order chi connectivity index (χ1) is 9.51. The van der Waals surface area contributed by atoms with Gasteiger partial charge in [-0.15, -0.1) is 0 Å². The lowest BCUT2D eigenvalue weighted by atomic mass is 10.2. The number of ether oxygens (including phenoxy) is 2. The largest absolute Gasteiger partial charge is 0.465 e. The fourth-order valence-corrected chi connectivity index (χ4v) is 2.27. The zero-order valence-electron chi connectivity index (χ0n) is 11.1. The lowest BCUT2D eigenvalue weighted by Gasteiger charge is -2.11. The van der Waals surface area contributed by atoms with Gasteiger partial charge < -0.3 is 15.2 Å². The van der Waals surface area contributed by atoms with Crippen LogP contribution in [-0.2, 0) is 4.74 Å². The third-order valence-corrected chi connectivity index (χ3v) is 3.36. The number of rotatable bonds is 3. The number of nitrogen functional groups attached to an aromatic ring is 1. The van der Waals surface area contributed by atoms with Gasteiger partial charge in [0.05, 0.1) is 22.8 Å². The molecule has 2 aromatic rings. The van der Waals surface area contributed by atoms with Gasteiger partial charge in [-0.25, -0.2) is 4.79 Å². The second-order valence-corrected chi connectivity index (χ2v) is 5.13. The Kier molecular flexibility index (Phi) is 4.29. The Morgan fingerprint density at radius 3 is 2.45 bits per heavy atom. The first kappa shape index (κ1) is 14.4. The van der Waals surface area contributed by atoms with E-state index in [2.05, 4.69) is 20.7 Å². The summed E-state index contributed by atoms with van der Waals surface area (Å²) < 4.78 is 11.2. The van der Waals surface area contributed by atoms with Gasteiger partial charge in [-0.05, 0) is 58.7 Å². The molecule has 0 aliphatic rings. The molecule has 2 aromatic carbocycles. The van der Waals surface area contributed by atoms with Gasteiger partial charge >= 0.3 is 5.97 Å². The third-order valence-electron chi connectivity index (χ3n) is 2.74. The van der Waals surface area contributed by atoms with Crippen molar-refractivity contribution in [3.05, 3.63) is 52.0 Å². The number of halogens is 1. The van der Waals surface area contributed by atoms with Gasteiger partial charge in [-0.1, -0.05) is 6.07 Å². The molecule has 0 saturated carbocycles. The van der Waals surface area contributed by atoms with Crippen LogP contribution in [-0.4, -0.2) is 13.1 Å². The molecule has 0 aliphatic heterocycles. The highest BCUT2D eigenvalue weighted by Gasteiger charge is 2.10. The van der Waals surface area contributed by atoms with E-state index < -0.39 is 5.97 Å². The Bertz CT molecular complexity index is 656. The van der Waals surface area contributed by atoms with Crippen molar-refractivity contribution in [1.82, 2.24) is 0 Å². The molecule has 20 heavy (non-hydrogen) atoms. The number of carbonyl (C=O) groups excluding carboxylic acids is 1. The second kappa shape index (κ2) is 5.96. The van der Waals surface area contributed by atoms with Crippen LogP contribution in [0.1, 0.15) is 15.9 Å². The van der Waals surface area contributed by atoms with Gasteiger partial charge in [0.15, 0.2) is 0 Å². The molecule has 2 N–H and O–H groups in total. The summed E-state index contributed by atoms with van der Waals surface area (Å²) in [6.45, 7) is 1.99. The van der Waals surface area contributed by atoms with Crippen molar-refractivity contribution in [2.24, 2.45) is 0 Å². The van der Waals surface area contributed by atoms with Gasteiger partial charge in [0.1, 0.15) is 11.5 Å². The molecule has 0 radical (unpaired) electrons. The van der Waals surface area contributed by atoms with Gasteiger partial charge in [0.25, 0.3) is 0 Å². The van der Waals surface area contributed by atoms with E-state index in [9.17, 15) is 4.79 Å². The number of esters is 1. The van der Waals surface area contributed by atoms with E-state index in [1.165, 1.54) is 13.2 Å². The highest BCUT2D eigenvalue weighted by atomic mass is 79.9. The lowest BCUT2D eigenvalue weighted by Crippen LogP contribution is -2.02. The minimum atomic E-state index is -0.431. The molecular weight excluding hydrogens is 322 g/mol. The first-order valence-corrected chi connectivity index (χ1v) is 6.72. The average molecular weight is 336 g/mol. The number of hydrogen-bond donors (Lipinski definition) is 1. The molecule has 0 fully saturated rings. The van der Waals surface area contributed by atoms with E-state index in [4.69, 9.17) is 10.5 Å². The highest BCUT2D eigenvalue weighted by Crippen LogP contribution is 2.33. The predicted octanol–water partition coefficient (Wildman–Crippen LogP) is 3.92. The fourth-order valence-electron chi connectivity index (χ4n) is 1.69. The number of aryl methyl sites for hydroxylation is 1. The smallest absolute Gasteiger partial charge is 0.337 e. The maximum absolute atomic E-state index is 11.4. The van der Waals surface area contributed by atoms with Gasteiger partial charge in [0, 0.05) is 0 Å². The van der Waals surface area contributed by atoms with E-state index in [-0.39, 0.29) is 0 Å². The summed E-state index contributed by atoms with van der Waals surface area (Å²) in [7, 11) is 1.33. The highest BCUT2D eigenvalue weighted by molar-refractivity contribution is 9.10. The topological polar surface area (TPSA) is 61.5 Å². The molecule has 0 atom stereocenters. The van der Waals surface area contributed by atoms with Crippen molar-refractivity contribution in [3.8, 4) is 11.5 Å². The van der Waals surface area contributed by atoms with Gasteiger partial charge in [0.2, 0.25) is 0 Å². The summed E-state index contributed by atoms with van der Waals surface area (Å²) in [5, 5.41) is 0. The van der Waals surface area contributed by atoms with Gasteiger partial charge in [-0.2, -0.15) is 0 Å². The van der Waals surface area contributed by atoms with Crippen molar-refractivity contribution in [3.63, 3.8) is 0 Å². The number of hydrogen-bond acceptors (Lipinski definition) is 4. The molecule has 0 aromatic heterocycles. The Morgan fingerprint density at radius 1 is 1.15 bits per heavy atom. The number of benzene rings is 2. The number of nitrogens with two attached hydrogens (primary N) is 1. The van der Waals surface area contributed by atoms with Crippen LogP contribution in [0.4, 0.5) is 5.69 Å². The van der Waals surface area contributed by atoms with Crippen molar-refractivity contribution >= 4 is 27.6 Å². The maximum atomic E-state index is 11.4. The average Bonchev–Trinajstić information content (AvgIpc) is 2.42. The molecule has 5 heteroatoms. The van der Waals surface area contributed by atoms with E-state index in [1.807, 2.05) is 25.1 Å². The Hall–Kier alpha value is -2.01. The molecular formula is C15H14BrNO3. The minimum absolute atomic E-state index is 0.375. The maximum Gasteiger partial charge on any atom is 0.337 e. The van der Waals surface area contributed by atoms with Crippen LogP contribution < -0.4 is 10.5 Å². The zero-order chi connectivity index (χ0) is 14.7. The van der Waals surface area contributed by atoms with Crippen LogP contribution in [0.3, 0.4) is 0 Å². The molecule has 0 bridgehead atoms. The van der Waals surface area contributed by atoms with Crippen LogP contribution in [0.15, 0.2) is 40.9 Å². The lowest BCUT2D eigenvalue weighted by molar-refractivity contribution is 0.0601. The van der Waals surface area contributed by atoms with E-state index >= 15 is 0 Å². The van der Waals surface area contributed by atoms with Gasteiger partial charge in [-0.3, -0.25) is 0 Å². The van der Waals surface area contributed by atoms with Crippen molar-refractivity contribution < 1.29 is 14.3 Å². The van der Waals surface area contributed by atoms with Crippen molar-refractivity contribution in [2.75, 3.05) is 12.8 Å². The molecule has 0 spiro atoms. The minimum Gasteiger partial charge on any atom is -0.465 e. The normalized spacial score (nSPS) is 10.2. The summed E-state index contributed by atoms with van der Waals surface area (Å²) >= 11 is 3.44. The van der Waals surface area contributed by atoms with Crippen molar-refractivity contribution in [1.29, 1.82) is 0 Å². The Balaban J connectivity index is 2.28. The molecule has 0 unspecified atom stereocenters. The molecule has 0 aliphatic carbocycles. The van der Waals surface area contributed by atoms with E-state index in [1.54, 1.807) is 12.1 Å². The molecule has 0 amide bonds. The van der Waals surface area contributed by atoms with Crippen molar-refractivity contribution in [2.45, 2.75) is 6.92 Å². The standard InChI is InChI=1S/C15H14BrNO3/c1-9-3-5-13(11(16)7-9)20-14-6-4-10(8-12(14)17)15(18)19-2/h3-8H,17H2,1-2H3. The summed E-state index contributed by atoms with van der Waals surface area (Å²) in [4.78, 5) is 11.4. The predicted molar refractivity (Wildman–Crippen MR) is 81.1 cm³/mol. The molecule has 0 heterocycles. The monoisotopic (exact) mass is 335 g/mol. The summed E-state index contributed by atoms with van der Waals surface area (Å²) in [5.41, 5.74) is 7.78. The van der Waals surface area contributed by atoms with E-state index in [0.717, 1.165) is 10.0 Å². The third kappa shape index (κ3) is 3.11. The molecule has 104 valence electrons. The van der Waals surface area contributed by atoms with Crippen LogP contribution in [0.25, 0.3) is 0 Å². The number of anilines is 1. The second-order valence-electron chi connectivity index (χ2n) is 4.28. The Labute approximate surface area is 125 Å².